The Labute approximate surface area is 147 Å². The van der Waals surface area contributed by atoms with Gasteiger partial charge in [0, 0.05) is 17.5 Å². The fourth-order valence-electron chi connectivity index (χ4n) is 3.12. The quantitative estimate of drug-likeness (QED) is 0.778. The van der Waals surface area contributed by atoms with Crippen LogP contribution in [0.2, 0.25) is 0 Å². The molecule has 1 N–H and O–H groups in total. The Morgan fingerprint density at radius 3 is 2.52 bits per heavy atom. The number of fused-ring (bicyclic) bond motifs is 2. The molecule has 0 unspecified atom stereocenters. The molecule has 1 aliphatic rings. The maximum absolute atomic E-state index is 5.71. The minimum atomic E-state index is 0.130. The molecule has 0 aliphatic carbocycles. The van der Waals surface area contributed by atoms with Crippen LogP contribution in [-0.4, -0.2) is 23.2 Å². The molecule has 0 saturated heterocycles. The van der Waals surface area contributed by atoms with Gasteiger partial charge in [-0.2, -0.15) is 0 Å². The SMILES string of the molecule is Cc1cccc([C@@H](C)Nc2nc(C)nc3cc4c(cc23)OCCO4)c1. The molecular formula is C20H21N3O2. The second kappa shape index (κ2) is 6.24. The first-order valence-electron chi connectivity index (χ1n) is 8.51. The third kappa shape index (κ3) is 3.09. The van der Waals surface area contributed by atoms with Crippen molar-refractivity contribution in [3.63, 3.8) is 0 Å². The Balaban J connectivity index is 1.75. The molecule has 128 valence electrons. The van der Waals surface area contributed by atoms with E-state index in [1.54, 1.807) is 0 Å². The molecule has 5 nitrogen and oxygen atoms in total. The first-order valence-corrected chi connectivity index (χ1v) is 8.51. The minimum absolute atomic E-state index is 0.130. The molecule has 0 spiro atoms. The van der Waals surface area contributed by atoms with E-state index in [4.69, 9.17) is 9.47 Å². The van der Waals surface area contributed by atoms with Crippen molar-refractivity contribution in [1.29, 1.82) is 0 Å². The van der Waals surface area contributed by atoms with Gasteiger partial charge in [-0.3, -0.25) is 0 Å². The van der Waals surface area contributed by atoms with Gasteiger partial charge in [-0.25, -0.2) is 9.97 Å². The predicted octanol–water partition coefficient (Wildman–Crippen LogP) is 4.19. The predicted molar refractivity (Wildman–Crippen MR) is 98.5 cm³/mol. The monoisotopic (exact) mass is 335 g/mol. The normalized spacial score (nSPS) is 14.4. The van der Waals surface area contributed by atoms with Crippen LogP contribution in [0.1, 0.15) is 29.9 Å². The Bertz CT molecular complexity index is 940. The molecule has 1 aliphatic heterocycles. The van der Waals surface area contributed by atoms with Crippen LogP contribution in [0, 0.1) is 13.8 Å². The minimum Gasteiger partial charge on any atom is -0.486 e. The molecule has 5 heteroatoms. The molecule has 0 fully saturated rings. The number of nitrogens with one attached hydrogen (secondary N) is 1. The van der Waals surface area contributed by atoms with Crippen molar-refractivity contribution in [2.45, 2.75) is 26.8 Å². The lowest BCUT2D eigenvalue weighted by Crippen LogP contribution is -2.15. The van der Waals surface area contributed by atoms with E-state index in [0.29, 0.717) is 13.2 Å². The van der Waals surface area contributed by atoms with Crippen LogP contribution in [0.15, 0.2) is 36.4 Å². The molecule has 0 radical (unpaired) electrons. The number of ether oxygens (including phenoxy) is 2. The van der Waals surface area contributed by atoms with Crippen LogP contribution < -0.4 is 14.8 Å². The van der Waals surface area contributed by atoms with Crippen molar-refractivity contribution in [1.82, 2.24) is 9.97 Å². The molecule has 25 heavy (non-hydrogen) atoms. The Morgan fingerprint density at radius 2 is 1.76 bits per heavy atom. The number of hydrogen-bond donors (Lipinski definition) is 1. The van der Waals surface area contributed by atoms with Crippen molar-refractivity contribution in [3.8, 4) is 11.5 Å². The molecule has 0 amide bonds. The highest BCUT2D eigenvalue weighted by Crippen LogP contribution is 2.36. The van der Waals surface area contributed by atoms with Crippen LogP contribution >= 0.6 is 0 Å². The Kier molecular flexibility index (Phi) is 3.92. The van der Waals surface area contributed by atoms with Crippen molar-refractivity contribution in [2.24, 2.45) is 0 Å². The molecule has 1 atom stereocenters. The van der Waals surface area contributed by atoms with Gasteiger partial charge < -0.3 is 14.8 Å². The van der Waals surface area contributed by atoms with Gasteiger partial charge in [0.15, 0.2) is 11.5 Å². The van der Waals surface area contributed by atoms with Crippen LogP contribution in [0.4, 0.5) is 5.82 Å². The van der Waals surface area contributed by atoms with E-state index in [0.717, 1.165) is 34.0 Å². The molecular weight excluding hydrogens is 314 g/mol. The number of nitrogens with zero attached hydrogens (tertiary/aromatic N) is 2. The van der Waals surface area contributed by atoms with Crippen molar-refractivity contribution >= 4 is 16.7 Å². The van der Waals surface area contributed by atoms with Gasteiger partial charge in [0.1, 0.15) is 24.9 Å². The lowest BCUT2D eigenvalue weighted by atomic mass is 10.1. The van der Waals surface area contributed by atoms with Crippen molar-refractivity contribution in [3.05, 3.63) is 53.3 Å². The van der Waals surface area contributed by atoms with Gasteiger partial charge in [0.05, 0.1) is 5.52 Å². The summed E-state index contributed by atoms with van der Waals surface area (Å²) < 4.78 is 11.4. The van der Waals surface area contributed by atoms with E-state index >= 15 is 0 Å². The van der Waals surface area contributed by atoms with Crippen LogP contribution in [0.3, 0.4) is 0 Å². The second-order valence-electron chi connectivity index (χ2n) is 6.41. The summed E-state index contributed by atoms with van der Waals surface area (Å²) in [7, 11) is 0. The van der Waals surface area contributed by atoms with Crippen molar-refractivity contribution < 1.29 is 9.47 Å². The molecule has 3 aromatic rings. The standard InChI is InChI=1S/C20H21N3O2/c1-12-5-4-6-15(9-12)13(2)21-20-16-10-18-19(25-8-7-24-18)11-17(16)22-14(3)23-20/h4-6,9-11,13H,7-8H2,1-3H3,(H,21,22,23)/t13-/m1/s1. The molecule has 2 heterocycles. The van der Waals surface area contributed by atoms with Gasteiger partial charge in [-0.05, 0) is 32.4 Å². The van der Waals surface area contributed by atoms with E-state index in [2.05, 4.69) is 53.4 Å². The average molecular weight is 335 g/mol. The van der Waals surface area contributed by atoms with Gasteiger partial charge in [0.2, 0.25) is 0 Å². The molecule has 0 saturated carbocycles. The zero-order valence-corrected chi connectivity index (χ0v) is 14.7. The van der Waals surface area contributed by atoms with Crippen LogP contribution in [-0.2, 0) is 0 Å². The molecule has 2 aromatic carbocycles. The van der Waals surface area contributed by atoms with E-state index in [1.165, 1.54) is 11.1 Å². The zero-order valence-electron chi connectivity index (χ0n) is 14.7. The fourth-order valence-corrected chi connectivity index (χ4v) is 3.12. The summed E-state index contributed by atoms with van der Waals surface area (Å²) in [6.07, 6.45) is 0. The molecule has 0 bridgehead atoms. The maximum atomic E-state index is 5.71. The number of benzene rings is 2. The number of anilines is 1. The number of aryl methyl sites for hydroxylation is 2. The van der Waals surface area contributed by atoms with Gasteiger partial charge in [-0.1, -0.05) is 29.8 Å². The summed E-state index contributed by atoms with van der Waals surface area (Å²) in [5.74, 6) is 3.03. The van der Waals surface area contributed by atoms with Gasteiger partial charge >= 0.3 is 0 Å². The van der Waals surface area contributed by atoms with E-state index < -0.39 is 0 Å². The topological polar surface area (TPSA) is 56.3 Å². The lowest BCUT2D eigenvalue weighted by Gasteiger charge is -2.21. The van der Waals surface area contributed by atoms with E-state index in [1.807, 2.05) is 19.1 Å². The van der Waals surface area contributed by atoms with Gasteiger partial charge in [-0.15, -0.1) is 0 Å². The average Bonchev–Trinajstić information content (AvgIpc) is 2.60. The lowest BCUT2D eigenvalue weighted by molar-refractivity contribution is 0.172. The maximum Gasteiger partial charge on any atom is 0.163 e. The third-order valence-electron chi connectivity index (χ3n) is 4.37. The highest BCUT2D eigenvalue weighted by Gasteiger charge is 2.17. The smallest absolute Gasteiger partial charge is 0.163 e. The highest BCUT2D eigenvalue weighted by molar-refractivity contribution is 5.92. The largest absolute Gasteiger partial charge is 0.486 e. The summed E-state index contributed by atoms with van der Waals surface area (Å²) >= 11 is 0. The first kappa shape index (κ1) is 15.7. The summed E-state index contributed by atoms with van der Waals surface area (Å²) in [6.45, 7) is 7.27. The number of rotatable bonds is 3. The van der Waals surface area contributed by atoms with Gasteiger partial charge in [0.25, 0.3) is 0 Å². The zero-order chi connectivity index (χ0) is 17.4. The third-order valence-corrected chi connectivity index (χ3v) is 4.37. The van der Waals surface area contributed by atoms with E-state index in [9.17, 15) is 0 Å². The summed E-state index contributed by atoms with van der Waals surface area (Å²) in [5.41, 5.74) is 3.33. The summed E-state index contributed by atoms with van der Waals surface area (Å²) in [4.78, 5) is 9.17. The molecule has 1 aromatic heterocycles. The summed E-state index contributed by atoms with van der Waals surface area (Å²) in [6, 6.07) is 12.5. The number of hydrogen-bond acceptors (Lipinski definition) is 5. The van der Waals surface area contributed by atoms with Crippen LogP contribution in [0.25, 0.3) is 10.9 Å². The van der Waals surface area contributed by atoms with Crippen LogP contribution in [0.5, 0.6) is 11.5 Å². The summed E-state index contributed by atoms with van der Waals surface area (Å²) in [5, 5.41) is 4.47. The highest BCUT2D eigenvalue weighted by atomic mass is 16.6. The fraction of sp³-hybridized carbons (Fsp3) is 0.300. The number of aromatic nitrogens is 2. The Hall–Kier alpha value is -2.82. The first-order chi connectivity index (χ1) is 12.1. The Morgan fingerprint density at radius 1 is 1.00 bits per heavy atom. The molecule has 4 rings (SSSR count). The second-order valence-corrected chi connectivity index (χ2v) is 6.41. The van der Waals surface area contributed by atoms with E-state index in [-0.39, 0.29) is 6.04 Å². The van der Waals surface area contributed by atoms with Crippen molar-refractivity contribution in [2.75, 3.05) is 18.5 Å².